The largest absolute Gasteiger partial charge is 0.497 e. The lowest BCUT2D eigenvalue weighted by atomic mass is 10.1. The van der Waals surface area contributed by atoms with Crippen LogP contribution in [0.1, 0.15) is 17.4 Å². The topological polar surface area (TPSA) is 76.8 Å². The lowest BCUT2D eigenvalue weighted by Crippen LogP contribution is -2.13. The fraction of sp³-hybridized carbons (Fsp3) is 0.125. The molecular formula is C16H15ClN4O. The van der Waals surface area contributed by atoms with Gasteiger partial charge in [0.05, 0.1) is 13.2 Å². The zero-order chi connectivity index (χ0) is 15.5. The predicted octanol–water partition coefficient (Wildman–Crippen LogP) is 3.18. The van der Waals surface area contributed by atoms with E-state index in [9.17, 15) is 0 Å². The molecule has 6 heteroatoms. The van der Waals surface area contributed by atoms with Crippen LogP contribution in [0.25, 0.3) is 11.4 Å². The zero-order valence-electron chi connectivity index (χ0n) is 12.0. The molecule has 0 radical (unpaired) electrons. The summed E-state index contributed by atoms with van der Waals surface area (Å²) < 4.78 is 5.21. The van der Waals surface area contributed by atoms with Crippen LogP contribution in [-0.2, 0) is 0 Å². The number of ether oxygens (including phenoxy) is 1. The minimum absolute atomic E-state index is 0.385. The summed E-state index contributed by atoms with van der Waals surface area (Å²) in [6.07, 6.45) is 0. The molecule has 0 aliphatic carbocycles. The Hall–Kier alpha value is -2.37. The molecule has 3 rings (SSSR count). The lowest BCUT2D eigenvalue weighted by Gasteiger charge is -2.08. The second-order valence-electron chi connectivity index (χ2n) is 4.81. The zero-order valence-corrected chi connectivity index (χ0v) is 12.7. The van der Waals surface area contributed by atoms with Crippen molar-refractivity contribution in [2.24, 2.45) is 5.73 Å². The van der Waals surface area contributed by atoms with Crippen LogP contribution in [0.5, 0.6) is 5.75 Å². The number of aromatic amines is 1. The Morgan fingerprint density at radius 1 is 1.18 bits per heavy atom. The molecule has 3 aromatic rings. The van der Waals surface area contributed by atoms with E-state index < -0.39 is 0 Å². The molecule has 0 unspecified atom stereocenters. The van der Waals surface area contributed by atoms with Crippen LogP contribution >= 0.6 is 11.6 Å². The second kappa shape index (κ2) is 6.17. The summed E-state index contributed by atoms with van der Waals surface area (Å²) in [6, 6.07) is 14.5. The first kappa shape index (κ1) is 14.6. The van der Waals surface area contributed by atoms with E-state index in [0.717, 1.165) is 16.9 Å². The summed E-state index contributed by atoms with van der Waals surface area (Å²) >= 11 is 5.89. The highest BCUT2D eigenvalue weighted by Gasteiger charge is 2.15. The number of H-pyrrole nitrogens is 1. The van der Waals surface area contributed by atoms with Crippen LogP contribution in [0.15, 0.2) is 48.5 Å². The first-order valence-corrected chi connectivity index (χ1v) is 7.13. The number of hydrogen-bond acceptors (Lipinski definition) is 4. The van der Waals surface area contributed by atoms with Crippen molar-refractivity contribution in [3.8, 4) is 17.1 Å². The highest BCUT2D eigenvalue weighted by molar-refractivity contribution is 6.30. The van der Waals surface area contributed by atoms with Gasteiger partial charge < -0.3 is 10.5 Å². The van der Waals surface area contributed by atoms with Crippen LogP contribution in [0.2, 0.25) is 5.02 Å². The summed E-state index contributed by atoms with van der Waals surface area (Å²) in [6.45, 7) is 0. The molecule has 0 saturated heterocycles. The molecule has 112 valence electrons. The number of rotatable bonds is 4. The van der Waals surface area contributed by atoms with Gasteiger partial charge >= 0.3 is 0 Å². The van der Waals surface area contributed by atoms with Gasteiger partial charge in [0.1, 0.15) is 11.6 Å². The molecule has 22 heavy (non-hydrogen) atoms. The van der Waals surface area contributed by atoms with Gasteiger partial charge in [0, 0.05) is 10.6 Å². The van der Waals surface area contributed by atoms with Crippen LogP contribution < -0.4 is 10.5 Å². The average molecular weight is 315 g/mol. The van der Waals surface area contributed by atoms with Gasteiger partial charge in [0.2, 0.25) is 0 Å². The van der Waals surface area contributed by atoms with Gasteiger partial charge in [-0.05, 0) is 29.8 Å². The van der Waals surface area contributed by atoms with Gasteiger partial charge in [-0.15, -0.1) is 0 Å². The number of nitrogens with zero attached hydrogens (tertiary/aromatic N) is 2. The summed E-state index contributed by atoms with van der Waals surface area (Å²) in [4.78, 5) is 4.47. The van der Waals surface area contributed by atoms with Crippen LogP contribution in [-0.4, -0.2) is 22.3 Å². The van der Waals surface area contributed by atoms with Crippen LogP contribution in [0.4, 0.5) is 0 Å². The van der Waals surface area contributed by atoms with Crippen molar-refractivity contribution >= 4 is 11.6 Å². The molecule has 3 N–H and O–H groups in total. The number of halogens is 1. The Morgan fingerprint density at radius 2 is 1.95 bits per heavy atom. The molecule has 2 aromatic carbocycles. The summed E-state index contributed by atoms with van der Waals surface area (Å²) in [5.41, 5.74) is 7.99. The molecule has 0 aliphatic heterocycles. The Morgan fingerprint density at radius 3 is 2.68 bits per heavy atom. The monoisotopic (exact) mass is 314 g/mol. The normalized spacial score (nSPS) is 12.1. The van der Waals surface area contributed by atoms with Gasteiger partial charge in [-0.3, -0.25) is 5.10 Å². The molecule has 1 atom stereocenters. The number of methoxy groups -OCH3 is 1. The van der Waals surface area contributed by atoms with Crippen LogP contribution in [0.3, 0.4) is 0 Å². The SMILES string of the molecule is COc1cccc(-c2n[nH]c([C@H](N)c3ccc(Cl)cc3)n2)c1. The van der Waals surface area contributed by atoms with Crippen molar-refractivity contribution < 1.29 is 4.74 Å². The van der Waals surface area contributed by atoms with Gasteiger partial charge in [0.25, 0.3) is 0 Å². The van der Waals surface area contributed by atoms with Crippen molar-refractivity contribution in [2.75, 3.05) is 7.11 Å². The Balaban J connectivity index is 1.88. The van der Waals surface area contributed by atoms with Crippen molar-refractivity contribution in [3.05, 3.63) is 64.9 Å². The summed E-state index contributed by atoms with van der Waals surface area (Å²) in [5, 5.41) is 7.79. The summed E-state index contributed by atoms with van der Waals surface area (Å²) in [7, 11) is 1.62. The first-order valence-electron chi connectivity index (χ1n) is 6.75. The third-order valence-electron chi connectivity index (χ3n) is 3.35. The van der Waals surface area contributed by atoms with E-state index in [1.807, 2.05) is 36.4 Å². The van der Waals surface area contributed by atoms with E-state index in [-0.39, 0.29) is 6.04 Å². The Labute approximate surface area is 133 Å². The lowest BCUT2D eigenvalue weighted by molar-refractivity contribution is 0.415. The van der Waals surface area contributed by atoms with Crippen molar-refractivity contribution in [1.82, 2.24) is 15.2 Å². The third-order valence-corrected chi connectivity index (χ3v) is 3.61. The highest BCUT2D eigenvalue weighted by Crippen LogP contribution is 2.23. The fourth-order valence-corrected chi connectivity index (χ4v) is 2.26. The van der Waals surface area contributed by atoms with E-state index in [1.54, 1.807) is 19.2 Å². The molecular weight excluding hydrogens is 300 g/mol. The number of aromatic nitrogens is 3. The highest BCUT2D eigenvalue weighted by atomic mass is 35.5. The standard InChI is InChI=1S/C16H15ClN4O/c1-22-13-4-2-3-11(9-13)15-19-16(21-20-15)14(18)10-5-7-12(17)8-6-10/h2-9,14H,18H2,1H3,(H,19,20,21)/t14-/m1/s1. The molecule has 0 fully saturated rings. The fourth-order valence-electron chi connectivity index (χ4n) is 2.13. The third kappa shape index (κ3) is 2.95. The maximum Gasteiger partial charge on any atom is 0.181 e. The van der Waals surface area contributed by atoms with E-state index in [1.165, 1.54) is 0 Å². The van der Waals surface area contributed by atoms with Gasteiger partial charge in [-0.1, -0.05) is 35.9 Å². The van der Waals surface area contributed by atoms with E-state index in [0.29, 0.717) is 16.7 Å². The average Bonchev–Trinajstić information content (AvgIpc) is 3.05. The van der Waals surface area contributed by atoms with E-state index in [4.69, 9.17) is 22.1 Å². The Bertz CT molecular complexity index is 770. The first-order chi connectivity index (χ1) is 10.7. The molecule has 1 aromatic heterocycles. The quantitative estimate of drug-likeness (QED) is 0.775. The molecule has 1 heterocycles. The minimum atomic E-state index is -0.385. The second-order valence-corrected chi connectivity index (χ2v) is 5.24. The molecule has 0 amide bonds. The number of nitrogens with one attached hydrogen (secondary N) is 1. The van der Waals surface area contributed by atoms with Crippen molar-refractivity contribution in [2.45, 2.75) is 6.04 Å². The number of nitrogens with two attached hydrogens (primary N) is 1. The van der Waals surface area contributed by atoms with Crippen LogP contribution in [0, 0.1) is 0 Å². The Kier molecular flexibility index (Phi) is 4.09. The van der Waals surface area contributed by atoms with Crippen molar-refractivity contribution in [3.63, 3.8) is 0 Å². The molecule has 0 bridgehead atoms. The minimum Gasteiger partial charge on any atom is -0.497 e. The smallest absolute Gasteiger partial charge is 0.181 e. The number of benzene rings is 2. The molecule has 0 aliphatic rings. The van der Waals surface area contributed by atoms with E-state index in [2.05, 4.69) is 15.2 Å². The van der Waals surface area contributed by atoms with E-state index >= 15 is 0 Å². The predicted molar refractivity (Wildman–Crippen MR) is 85.9 cm³/mol. The number of hydrogen-bond donors (Lipinski definition) is 2. The molecule has 0 spiro atoms. The molecule has 0 saturated carbocycles. The maximum atomic E-state index is 6.21. The maximum absolute atomic E-state index is 6.21. The molecule has 5 nitrogen and oxygen atoms in total. The van der Waals surface area contributed by atoms with Gasteiger partial charge in [0.15, 0.2) is 5.82 Å². The van der Waals surface area contributed by atoms with Crippen molar-refractivity contribution in [1.29, 1.82) is 0 Å². The van der Waals surface area contributed by atoms with Gasteiger partial charge in [-0.2, -0.15) is 5.10 Å². The summed E-state index contributed by atoms with van der Waals surface area (Å²) in [5.74, 6) is 1.93. The van der Waals surface area contributed by atoms with Gasteiger partial charge in [-0.25, -0.2) is 4.98 Å².